The second kappa shape index (κ2) is 14.8. The molecule has 0 saturated carbocycles. The zero-order valence-corrected chi connectivity index (χ0v) is 28.3. The van der Waals surface area contributed by atoms with Crippen LogP contribution in [0.15, 0.2) is 97.1 Å². The van der Waals surface area contributed by atoms with E-state index in [0.29, 0.717) is 35.2 Å². The molecule has 0 bridgehead atoms. The summed E-state index contributed by atoms with van der Waals surface area (Å²) in [6, 6.07) is 26.1. The molecule has 1 atom stereocenters. The molecule has 0 spiro atoms. The first-order valence-electron chi connectivity index (χ1n) is 15.3. The van der Waals surface area contributed by atoms with Crippen LogP contribution >= 0.6 is 0 Å². The Morgan fingerprint density at radius 2 is 1.46 bits per heavy atom. The van der Waals surface area contributed by atoms with Crippen LogP contribution in [0.5, 0.6) is 0 Å². The lowest BCUT2D eigenvalue weighted by Gasteiger charge is -2.38. The SMILES string of the molecule is CS(=O)(=O)N(c1cccc(CN(CCN2Cc3ccc(F)cc3CC2Cc2ccc(F)cc2)C(=O)OCc2ccccc2)c1)S(C)(=O)=O. The molecule has 5 rings (SSSR count). The van der Waals surface area contributed by atoms with Gasteiger partial charge in [0.1, 0.15) is 18.2 Å². The molecular formula is C35H37F2N3O6S2. The molecule has 0 N–H and O–H groups in total. The Labute approximate surface area is 280 Å². The fourth-order valence-corrected chi connectivity index (χ4v) is 8.90. The van der Waals surface area contributed by atoms with Crippen molar-refractivity contribution in [3.63, 3.8) is 0 Å². The summed E-state index contributed by atoms with van der Waals surface area (Å²) in [4.78, 5) is 17.3. The van der Waals surface area contributed by atoms with Gasteiger partial charge >= 0.3 is 6.09 Å². The zero-order valence-electron chi connectivity index (χ0n) is 26.6. The van der Waals surface area contributed by atoms with Crippen molar-refractivity contribution in [2.75, 3.05) is 29.3 Å². The van der Waals surface area contributed by atoms with Crippen LogP contribution in [0.3, 0.4) is 0 Å². The maximum atomic E-state index is 14.2. The van der Waals surface area contributed by atoms with Crippen LogP contribution < -0.4 is 3.71 Å². The van der Waals surface area contributed by atoms with E-state index >= 15 is 0 Å². The maximum Gasteiger partial charge on any atom is 0.410 e. The van der Waals surface area contributed by atoms with Crippen LogP contribution in [0.25, 0.3) is 0 Å². The zero-order chi connectivity index (χ0) is 34.5. The number of halogens is 2. The lowest BCUT2D eigenvalue weighted by Crippen LogP contribution is -2.46. The summed E-state index contributed by atoms with van der Waals surface area (Å²) in [5.74, 6) is -0.654. The molecule has 1 aliphatic rings. The van der Waals surface area contributed by atoms with Gasteiger partial charge in [-0.2, -0.15) is 3.71 Å². The van der Waals surface area contributed by atoms with E-state index in [9.17, 15) is 30.4 Å². The van der Waals surface area contributed by atoms with E-state index in [1.165, 1.54) is 41.3 Å². The van der Waals surface area contributed by atoms with Crippen LogP contribution in [0, 0.1) is 11.6 Å². The van der Waals surface area contributed by atoms with Crippen molar-refractivity contribution in [2.24, 2.45) is 0 Å². The number of hydrogen-bond donors (Lipinski definition) is 0. The maximum absolute atomic E-state index is 14.2. The van der Waals surface area contributed by atoms with Gasteiger partial charge in [0, 0.05) is 32.2 Å². The number of anilines is 1. The molecule has 0 fully saturated rings. The number of hydrogen-bond acceptors (Lipinski definition) is 7. The predicted molar refractivity (Wildman–Crippen MR) is 180 cm³/mol. The van der Waals surface area contributed by atoms with Crippen molar-refractivity contribution >= 4 is 31.8 Å². The summed E-state index contributed by atoms with van der Waals surface area (Å²) in [5, 5.41) is 0. The van der Waals surface area contributed by atoms with Crippen LogP contribution in [0.4, 0.5) is 19.3 Å². The Balaban J connectivity index is 1.41. The largest absolute Gasteiger partial charge is 0.445 e. The highest BCUT2D eigenvalue weighted by Gasteiger charge is 2.30. The molecule has 0 radical (unpaired) electrons. The van der Waals surface area contributed by atoms with Crippen molar-refractivity contribution in [1.29, 1.82) is 0 Å². The minimum absolute atomic E-state index is 0.00109. The lowest BCUT2D eigenvalue weighted by atomic mass is 9.90. The number of carbonyl (C=O) groups is 1. The third kappa shape index (κ3) is 9.18. The van der Waals surface area contributed by atoms with Crippen LogP contribution in [0.2, 0.25) is 0 Å². The topological polar surface area (TPSA) is 104 Å². The molecule has 0 aliphatic carbocycles. The van der Waals surface area contributed by atoms with E-state index in [1.54, 1.807) is 30.3 Å². The summed E-state index contributed by atoms with van der Waals surface area (Å²) in [5.41, 5.74) is 4.00. The number of carbonyl (C=O) groups excluding carboxylic acids is 1. The second-order valence-electron chi connectivity index (χ2n) is 11.9. The van der Waals surface area contributed by atoms with Crippen molar-refractivity contribution in [3.8, 4) is 0 Å². The quantitative estimate of drug-likeness (QED) is 0.193. The Hall–Kier alpha value is -4.33. The predicted octanol–water partition coefficient (Wildman–Crippen LogP) is 5.50. The molecular weight excluding hydrogens is 661 g/mol. The molecule has 254 valence electrons. The van der Waals surface area contributed by atoms with Gasteiger partial charge in [0.25, 0.3) is 0 Å². The summed E-state index contributed by atoms with van der Waals surface area (Å²) < 4.78 is 83.5. The fraction of sp³-hybridized carbons (Fsp3) is 0.286. The van der Waals surface area contributed by atoms with E-state index in [0.717, 1.165) is 34.8 Å². The van der Waals surface area contributed by atoms with E-state index in [2.05, 4.69) is 4.90 Å². The van der Waals surface area contributed by atoms with Crippen molar-refractivity contribution in [1.82, 2.24) is 9.80 Å². The minimum Gasteiger partial charge on any atom is -0.445 e. The Morgan fingerprint density at radius 1 is 0.792 bits per heavy atom. The third-order valence-electron chi connectivity index (χ3n) is 8.12. The molecule has 0 aromatic heterocycles. The normalized spacial score (nSPS) is 15.0. The summed E-state index contributed by atoms with van der Waals surface area (Å²) >= 11 is 0. The smallest absolute Gasteiger partial charge is 0.410 e. The van der Waals surface area contributed by atoms with Crippen molar-refractivity contribution in [2.45, 2.75) is 38.6 Å². The molecule has 4 aromatic rings. The standard InChI is InChI=1S/C35H37F2N3O6S2/c1-47(42,43)40(48(2,44)45)33-10-6-9-28(20-33)23-39(35(41)46-25-27-7-4-3-5-8-27)18-17-38-24-29-13-16-32(37)21-30(29)22-34(38)19-26-11-14-31(36)15-12-26/h3-16,20-21,34H,17-19,22-25H2,1-2H3. The van der Waals surface area contributed by atoms with Crippen molar-refractivity contribution < 1.29 is 35.1 Å². The van der Waals surface area contributed by atoms with E-state index in [1.807, 2.05) is 30.3 Å². The molecule has 48 heavy (non-hydrogen) atoms. The van der Waals surface area contributed by atoms with Crippen LogP contribution in [0.1, 0.15) is 27.8 Å². The summed E-state index contributed by atoms with van der Waals surface area (Å²) in [6.45, 7) is 1.14. The van der Waals surface area contributed by atoms with Gasteiger partial charge in [-0.05, 0) is 77.1 Å². The Bertz CT molecular complexity index is 1930. The Morgan fingerprint density at radius 3 is 2.15 bits per heavy atom. The van der Waals surface area contributed by atoms with Crippen molar-refractivity contribution in [3.05, 3.63) is 137 Å². The molecule has 4 aromatic carbocycles. The van der Waals surface area contributed by atoms with Gasteiger partial charge in [-0.25, -0.2) is 30.4 Å². The van der Waals surface area contributed by atoms with E-state index in [-0.39, 0.29) is 43.1 Å². The van der Waals surface area contributed by atoms with Crippen LogP contribution in [-0.2, 0) is 57.3 Å². The molecule has 1 heterocycles. The number of sulfonamides is 2. The number of fused-ring (bicyclic) bond motifs is 1. The molecule has 1 unspecified atom stereocenters. The molecule has 9 nitrogen and oxygen atoms in total. The van der Waals surface area contributed by atoms with Crippen LogP contribution in [-0.4, -0.2) is 64.4 Å². The second-order valence-corrected chi connectivity index (χ2v) is 15.8. The fourth-order valence-electron chi connectivity index (χ4n) is 5.94. The first kappa shape index (κ1) is 35.0. The molecule has 1 amide bonds. The van der Waals surface area contributed by atoms with Gasteiger partial charge in [-0.3, -0.25) is 4.90 Å². The molecule has 0 saturated heterocycles. The average Bonchev–Trinajstić information content (AvgIpc) is 3.02. The van der Waals surface area contributed by atoms with Gasteiger partial charge in [0.15, 0.2) is 0 Å². The van der Waals surface area contributed by atoms with Gasteiger partial charge in [-0.1, -0.05) is 60.7 Å². The number of rotatable bonds is 12. The monoisotopic (exact) mass is 697 g/mol. The number of ether oxygens (including phenoxy) is 1. The average molecular weight is 698 g/mol. The number of nitrogens with zero attached hydrogens (tertiary/aromatic N) is 3. The first-order valence-corrected chi connectivity index (χ1v) is 19.0. The van der Waals surface area contributed by atoms with E-state index in [4.69, 9.17) is 4.74 Å². The van der Waals surface area contributed by atoms with Gasteiger partial charge in [-0.15, -0.1) is 0 Å². The van der Waals surface area contributed by atoms with Gasteiger partial charge in [0.05, 0.1) is 18.2 Å². The highest BCUT2D eigenvalue weighted by molar-refractivity contribution is 8.09. The number of benzene rings is 4. The minimum atomic E-state index is -4.17. The first-order chi connectivity index (χ1) is 22.8. The highest BCUT2D eigenvalue weighted by atomic mass is 32.3. The highest BCUT2D eigenvalue weighted by Crippen LogP contribution is 2.27. The third-order valence-corrected chi connectivity index (χ3v) is 11.4. The lowest BCUT2D eigenvalue weighted by molar-refractivity contribution is 0.0819. The van der Waals surface area contributed by atoms with Gasteiger partial charge < -0.3 is 9.64 Å². The Kier molecular flexibility index (Phi) is 10.8. The van der Waals surface area contributed by atoms with E-state index < -0.39 is 26.1 Å². The molecule has 13 heteroatoms. The summed E-state index contributed by atoms with van der Waals surface area (Å²) in [7, 11) is -8.35. The van der Waals surface area contributed by atoms with Gasteiger partial charge in [0.2, 0.25) is 20.0 Å². The summed E-state index contributed by atoms with van der Waals surface area (Å²) in [6.07, 6.45) is 2.13. The number of amides is 1. The molecule has 1 aliphatic heterocycles.